The van der Waals surface area contributed by atoms with E-state index in [0.29, 0.717) is 54.3 Å². The van der Waals surface area contributed by atoms with Crippen LogP contribution >= 0.6 is 0 Å². The predicted molar refractivity (Wildman–Crippen MR) is 132 cm³/mol. The molecule has 4 aromatic rings. The zero-order valence-electron chi connectivity index (χ0n) is 20.6. The van der Waals surface area contributed by atoms with Crippen LogP contribution < -0.4 is 14.2 Å². The van der Waals surface area contributed by atoms with Gasteiger partial charge in [-0.25, -0.2) is 4.98 Å². The quantitative estimate of drug-likeness (QED) is 0.298. The van der Waals surface area contributed by atoms with Crippen LogP contribution in [0.25, 0.3) is 11.5 Å². The maximum atomic E-state index is 11.0. The van der Waals surface area contributed by atoms with Crippen molar-refractivity contribution in [3.8, 4) is 28.8 Å². The molecule has 0 bridgehead atoms. The normalized spacial score (nSPS) is 10.9. The summed E-state index contributed by atoms with van der Waals surface area (Å²) in [5.41, 5.74) is 3.31. The molecule has 0 aliphatic heterocycles. The first-order valence-corrected chi connectivity index (χ1v) is 11.7. The number of carbonyl (C=O) groups is 1. The number of ether oxygens (including phenoxy) is 3. The molecule has 0 atom stereocenters. The number of benzene rings is 2. The molecule has 9 nitrogen and oxygen atoms in total. The second kappa shape index (κ2) is 11.4. The highest BCUT2D eigenvalue weighted by Gasteiger charge is 2.15. The van der Waals surface area contributed by atoms with E-state index in [-0.39, 0.29) is 13.0 Å². The van der Waals surface area contributed by atoms with E-state index >= 15 is 0 Å². The molecule has 0 amide bonds. The number of carboxylic acid groups (broad SMARTS) is 1. The molecular weight excluding hydrogens is 462 g/mol. The van der Waals surface area contributed by atoms with Gasteiger partial charge in [-0.1, -0.05) is 24.3 Å². The third-order valence-electron chi connectivity index (χ3n) is 5.54. The average Bonchev–Trinajstić information content (AvgIpc) is 3.44. The summed E-state index contributed by atoms with van der Waals surface area (Å²) in [7, 11) is 1.59. The Morgan fingerprint density at radius 2 is 1.92 bits per heavy atom. The minimum absolute atomic E-state index is 0.0136. The van der Waals surface area contributed by atoms with Gasteiger partial charge in [0.05, 0.1) is 20.3 Å². The monoisotopic (exact) mass is 491 g/mol. The number of oxazole rings is 1. The number of rotatable bonds is 12. The van der Waals surface area contributed by atoms with Gasteiger partial charge >= 0.3 is 5.97 Å². The van der Waals surface area contributed by atoms with Gasteiger partial charge in [0, 0.05) is 23.7 Å². The number of methoxy groups -OCH3 is 1. The molecule has 0 aliphatic rings. The van der Waals surface area contributed by atoms with Crippen molar-refractivity contribution >= 4 is 5.97 Å². The Morgan fingerprint density at radius 3 is 2.64 bits per heavy atom. The fraction of sp³-hybridized carbons (Fsp3) is 0.296. The molecule has 0 unspecified atom stereocenters. The van der Waals surface area contributed by atoms with E-state index in [4.69, 9.17) is 23.7 Å². The molecule has 0 radical (unpaired) electrons. The molecule has 0 fully saturated rings. The molecule has 2 aromatic carbocycles. The van der Waals surface area contributed by atoms with Crippen LogP contribution in [0.5, 0.6) is 17.4 Å². The van der Waals surface area contributed by atoms with E-state index in [1.807, 2.05) is 68.6 Å². The lowest BCUT2D eigenvalue weighted by Gasteiger charge is -2.12. The highest BCUT2D eigenvalue weighted by atomic mass is 16.5. The fourth-order valence-electron chi connectivity index (χ4n) is 3.73. The van der Waals surface area contributed by atoms with Crippen molar-refractivity contribution in [2.75, 3.05) is 13.7 Å². The zero-order valence-corrected chi connectivity index (χ0v) is 20.6. The van der Waals surface area contributed by atoms with Crippen molar-refractivity contribution in [2.45, 2.75) is 39.8 Å². The first kappa shape index (κ1) is 24.8. The SMILES string of the molecule is CCOc1nn(Cc2ccc(OC)c(OCc3nc(-c4ccccc4)oc3C)c2)cc1CCC(=O)O. The molecule has 1 N–H and O–H groups in total. The number of aryl methyl sites for hydroxylation is 2. The molecule has 0 aliphatic carbocycles. The number of nitrogens with zero attached hydrogens (tertiary/aromatic N) is 3. The van der Waals surface area contributed by atoms with Gasteiger partial charge in [-0.05, 0) is 50.1 Å². The summed E-state index contributed by atoms with van der Waals surface area (Å²) in [6.07, 6.45) is 2.19. The van der Waals surface area contributed by atoms with Gasteiger partial charge < -0.3 is 23.7 Å². The van der Waals surface area contributed by atoms with Crippen LogP contribution in [0.3, 0.4) is 0 Å². The third kappa shape index (κ3) is 6.04. The average molecular weight is 492 g/mol. The summed E-state index contributed by atoms with van der Waals surface area (Å²) in [5, 5.41) is 13.5. The Balaban J connectivity index is 1.49. The van der Waals surface area contributed by atoms with Gasteiger partial charge in [-0.15, -0.1) is 5.10 Å². The Bertz CT molecular complexity index is 1310. The molecule has 0 saturated heterocycles. The number of aliphatic carboxylic acids is 1. The van der Waals surface area contributed by atoms with E-state index in [1.54, 1.807) is 11.8 Å². The summed E-state index contributed by atoms with van der Waals surface area (Å²) in [4.78, 5) is 15.6. The first-order valence-electron chi connectivity index (χ1n) is 11.7. The van der Waals surface area contributed by atoms with Gasteiger partial charge in [0.15, 0.2) is 11.5 Å². The fourth-order valence-corrected chi connectivity index (χ4v) is 3.73. The van der Waals surface area contributed by atoms with Crippen molar-refractivity contribution < 1.29 is 28.5 Å². The van der Waals surface area contributed by atoms with Crippen LogP contribution in [0.2, 0.25) is 0 Å². The maximum absolute atomic E-state index is 11.0. The Kier molecular flexibility index (Phi) is 7.89. The van der Waals surface area contributed by atoms with E-state index in [0.717, 1.165) is 16.7 Å². The Hall–Kier alpha value is -4.27. The van der Waals surface area contributed by atoms with Crippen molar-refractivity contribution in [3.05, 3.63) is 77.3 Å². The highest BCUT2D eigenvalue weighted by Crippen LogP contribution is 2.30. The molecule has 9 heteroatoms. The van der Waals surface area contributed by atoms with Gasteiger partial charge in [-0.3, -0.25) is 9.48 Å². The Labute approximate surface area is 209 Å². The summed E-state index contributed by atoms with van der Waals surface area (Å²) >= 11 is 0. The highest BCUT2D eigenvalue weighted by molar-refractivity contribution is 5.67. The van der Waals surface area contributed by atoms with Gasteiger partial charge in [0.2, 0.25) is 11.8 Å². The first-order chi connectivity index (χ1) is 17.5. The number of aromatic nitrogens is 3. The van der Waals surface area contributed by atoms with Crippen LogP contribution in [-0.2, 0) is 24.4 Å². The lowest BCUT2D eigenvalue weighted by Crippen LogP contribution is -2.03. The summed E-state index contributed by atoms with van der Waals surface area (Å²) in [6.45, 7) is 4.85. The molecule has 188 valence electrons. The van der Waals surface area contributed by atoms with Crippen LogP contribution in [0.15, 0.2) is 59.1 Å². The lowest BCUT2D eigenvalue weighted by atomic mass is 10.2. The van der Waals surface area contributed by atoms with E-state index < -0.39 is 5.97 Å². The second-order valence-corrected chi connectivity index (χ2v) is 8.15. The molecule has 2 aromatic heterocycles. The third-order valence-corrected chi connectivity index (χ3v) is 5.54. The minimum Gasteiger partial charge on any atom is -0.493 e. The zero-order chi connectivity index (χ0) is 25.5. The van der Waals surface area contributed by atoms with E-state index in [9.17, 15) is 4.79 Å². The molecule has 2 heterocycles. The summed E-state index contributed by atoms with van der Waals surface area (Å²) in [6, 6.07) is 15.4. The van der Waals surface area contributed by atoms with Gasteiger partial charge in [-0.2, -0.15) is 0 Å². The molecular formula is C27H29N3O6. The van der Waals surface area contributed by atoms with Gasteiger partial charge in [0.25, 0.3) is 0 Å². The lowest BCUT2D eigenvalue weighted by molar-refractivity contribution is -0.136. The number of hydrogen-bond donors (Lipinski definition) is 1. The summed E-state index contributed by atoms with van der Waals surface area (Å²) < 4.78 is 24.7. The minimum atomic E-state index is -0.861. The largest absolute Gasteiger partial charge is 0.493 e. The molecule has 4 rings (SSSR count). The smallest absolute Gasteiger partial charge is 0.303 e. The van der Waals surface area contributed by atoms with Crippen LogP contribution in [0.4, 0.5) is 0 Å². The van der Waals surface area contributed by atoms with Crippen molar-refractivity contribution in [3.63, 3.8) is 0 Å². The van der Waals surface area contributed by atoms with Crippen LogP contribution in [0.1, 0.15) is 35.9 Å². The molecule has 36 heavy (non-hydrogen) atoms. The Morgan fingerprint density at radius 1 is 1.11 bits per heavy atom. The predicted octanol–water partition coefficient (Wildman–Crippen LogP) is 4.90. The van der Waals surface area contributed by atoms with Gasteiger partial charge in [0.1, 0.15) is 18.1 Å². The standard InChI is InChI=1S/C27H29N3O6/c1-4-34-27-21(11-13-25(31)32)16-30(29-27)15-19-10-12-23(33-3)24(14-19)35-17-22-18(2)36-26(28-22)20-8-6-5-7-9-20/h5-10,12,14,16H,4,11,13,15,17H2,1-3H3,(H,31,32). The summed E-state index contributed by atoms with van der Waals surface area (Å²) in [5.74, 6) is 2.01. The molecule has 0 saturated carbocycles. The van der Waals surface area contributed by atoms with Crippen molar-refractivity contribution in [2.24, 2.45) is 0 Å². The molecule has 0 spiro atoms. The topological polar surface area (TPSA) is 109 Å². The number of carboxylic acids is 1. The second-order valence-electron chi connectivity index (χ2n) is 8.15. The van der Waals surface area contributed by atoms with Crippen molar-refractivity contribution in [1.82, 2.24) is 14.8 Å². The van der Waals surface area contributed by atoms with E-state index in [2.05, 4.69) is 10.1 Å². The van der Waals surface area contributed by atoms with Crippen molar-refractivity contribution in [1.29, 1.82) is 0 Å². The van der Waals surface area contributed by atoms with Crippen LogP contribution in [0, 0.1) is 6.92 Å². The van der Waals surface area contributed by atoms with E-state index in [1.165, 1.54) is 0 Å². The number of hydrogen-bond acceptors (Lipinski definition) is 7. The maximum Gasteiger partial charge on any atom is 0.303 e. The van der Waals surface area contributed by atoms with Crippen LogP contribution in [-0.4, -0.2) is 39.6 Å².